The maximum Gasteiger partial charge on any atom is 0.0738 e. The number of likely N-dealkylation sites (tertiary alicyclic amines) is 1. The zero-order valence-electron chi connectivity index (χ0n) is 9.46. The molecule has 2 saturated heterocycles. The minimum Gasteiger partial charge on any atom is -0.316 e. The van der Waals surface area contributed by atoms with Gasteiger partial charge in [0.2, 0.25) is 0 Å². The molecule has 5 nitrogen and oxygen atoms in total. The Morgan fingerprint density at radius 3 is 2.62 bits per heavy atom. The zero-order valence-corrected chi connectivity index (χ0v) is 10.3. The van der Waals surface area contributed by atoms with Gasteiger partial charge in [-0.3, -0.25) is 9.58 Å². The number of halogens is 1. The molecule has 3 rings (SSSR count). The predicted octanol–water partition coefficient (Wildman–Crippen LogP) is -0.112. The molecule has 2 fully saturated rings. The van der Waals surface area contributed by atoms with Crippen molar-refractivity contribution in [1.29, 1.82) is 0 Å². The number of aryl methyl sites for hydroxylation is 1. The molecule has 0 amide bonds. The Bertz CT molecular complexity index is 341. The first-order chi connectivity index (χ1) is 7.33. The summed E-state index contributed by atoms with van der Waals surface area (Å²) >= 11 is 0. The summed E-state index contributed by atoms with van der Waals surface area (Å²) in [6.45, 7) is 5.85. The molecule has 16 heavy (non-hydrogen) atoms. The monoisotopic (exact) mass is 243 g/mol. The van der Waals surface area contributed by atoms with E-state index >= 15 is 0 Å². The molecule has 2 atom stereocenters. The van der Waals surface area contributed by atoms with Gasteiger partial charge in [0, 0.05) is 26.7 Å². The van der Waals surface area contributed by atoms with E-state index in [1.807, 2.05) is 17.9 Å². The van der Waals surface area contributed by atoms with Crippen LogP contribution in [0.1, 0.15) is 5.69 Å². The second kappa shape index (κ2) is 4.69. The fourth-order valence-electron chi connectivity index (χ4n) is 2.76. The van der Waals surface area contributed by atoms with Crippen LogP contribution < -0.4 is 5.32 Å². The van der Waals surface area contributed by atoms with Gasteiger partial charge in [0.05, 0.1) is 11.9 Å². The van der Waals surface area contributed by atoms with Crippen LogP contribution in [-0.4, -0.2) is 46.1 Å². The van der Waals surface area contributed by atoms with Gasteiger partial charge in [-0.2, -0.15) is 0 Å². The van der Waals surface area contributed by atoms with Gasteiger partial charge in [-0.05, 0) is 24.9 Å². The van der Waals surface area contributed by atoms with E-state index in [9.17, 15) is 0 Å². The van der Waals surface area contributed by atoms with Crippen LogP contribution in [0.3, 0.4) is 0 Å². The summed E-state index contributed by atoms with van der Waals surface area (Å²) in [4.78, 5) is 2.52. The normalized spacial score (nSPS) is 29.1. The van der Waals surface area contributed by atoms with Crippen LogP contribution in [0.4, 0.5) is 0 Å². The van der Waals surface area contributed by atoms with Gasteiger partial charge in [0.25, 0.3) is 0 Å². The fraction of sp³-hybridized carbons (Fsp3) is 0.800. The summed E-state index contributed by atoms with van der Waals surface area (Å²) < 4.78 is 1.87. The molecule has 0 saturated carbocycles. The van der Waals surface area contributed by atoms with E-state index in [-0.39, 0.29) is 12.4 Å². The highest BCUT2D eigenvalue weighted by Crippen LogP contribution is 2.26. The minimum absolute atomic E-state index is 0. The molecular weight excluding hydrogens is 226 g/mol. The molecule has 0 aromatic carbocycles. The van der Waals surface area contributed by atoms with Crippen LogP contribution in [-0.2, 0) is 13.6 Å². The first-order valence-corrected chi connectivity index (χ1v) is 5.59. The second-order valence-corrected chi connectivity index (χ2v) is 4.72. The molecule has 0 bridgehead atoms. The number of nitrogens with one attached hydrogen (secondary N) is 1. The van der Waals surface area contributed by atoms with E-state index in [0.29, 0.717) is 0 Å². The van der Waals surface area contributed by atoms with Gasteiger partial charge in [-0.1, -0.05) is 5.21 Å². The molecule has 0 spiro atoms. The molecule has 90 valence electrons. The summed E-state index contributed by atoms with van der Waals surface area (Å²) in [5.41, 5.74) is 1.21. The summed E-state index contributed by atoms with van der Waals surface area (Å²) in [5.74, 6) is 1.73. The van der Waals surface area contributed by atoms with Gasteiger partial charge in [0.15, 0.2) is 0 Å². The predicted molar refractivity (Wildman–Crippen MR) is 63.4 cm³/mol. The molecule has 1 aromatic heterocycles. The van der Waals surface area contributed by atoms with Crippen molar-refractivity contribution in [1.82, 2.24) is 25.2 Å². The molecule has 0 unspecified atom stereocenters. The Labute approximate surface area is 102 Å². The first kappa shape index (κ1) is 11.8. The van der Waals surface area contributed by atoms with Gasteiger partial charge in [0.1, 0.15) is 0 Å². The molecule has 6 heteroatoms. The Morgan fingerprint density at radius 1 is 1.38 bits per heavy atom. The lowest BCUT2D eigenvalue weighted by Gasteiger charge is -2.16. The average molecular weight is 244 g/mol. The third kappa shape index (κ3) is 2.07. The molecular formula is C10H18ClN5. The lowest BCUT2D eigenvalue weighted by atomic mass is 10.0. The number of aromatic nitrogens is 3. The van der Waals surface area contributed by atoms with Crippen LogP contribution in [0.25, 0.3) is 0 Å². The maximum atomic E-state index is 3.96. The highest BCUT2D eigenvalue weighted by molar-refractivity contribution is 5.85. The number of fused-ring (bicyclic) bond motifs is 1. The molecule has 1 aromatic rings. The van der Waals surface area contributed by atoms with Gasteiger partial charge in [-0.25, -0.2) is 0 Å². The molecule has 0 radical (unpaired) electrons. The zero-order chi connectivity index (χ0) is 10.3. The summed E-state index contributed by atoms with van der Waals surface area (Å²) in [5, 5.41) is 11.3. The largest absolute Gasteiger partial charge is 0.316 e. The summed E-state index contributed by atoms with van der Waals surface area (Å²) in [6.07, 6.45) is 1.87. The lowest BCUT2D eigenvalue weighted by molar-refractivity contribution is 0.297. The van der Waals surface area contributed by atoms with Crippen molar-refractivity contribution in [2.45, 2.75) is 6.54 Å². The number of hydrogen-bond acceptors (Lipinski definition) is 4. The van der Waals surface area contributed by atoms with Crippen molar-refractivity contribution in [3.8, 4) is 0 Å². The molecule has 3 heterocycles. The van der Waals surface area contributed by atoms with Crippen LogP contribution in [0.2, 0.25) is 0 Å². The van der Waals surface area contributed by atoms with Crippen molar-refractivity contribution in [3.63, 3.8) is 0 Å². The smallest absolute Gasteiger partial charge is 0.0738 e. The van der Waals surface area contributed by atoms with E-state index in [1.54, 1.807) is 0 Å². The standard InChI is InChI=1S/C10H17N5.ClH/c1-14-10(4-12-13-14)7-15-5-8-2-11-3-9(8)6-15;/h4,8-9,11H,2-3,5-7H2,1H3;1H/t8-,9+;. The van der Waals surface area contributed by atoms with Crippen molar-refractivity contribution in [2.75, 3.05) is 26.2 Å². The fourth-order valence-corrected chi connectivity index (χ4v) is 2.76. The Morgan fingerprint density at radius 2 is 2.06 bits per heavy atom. The maximum absolute atomic E-state index is 3.96. The van der Waals surface area contributed by atoms with Crippen molar-refractivity contribution in [3.05, 3.63) is 11.9 Å². The molecule has 1 N–H and O–H groups in total. The highest BCUT2D eigenvalue weighted by Gasteiger charge is 2.35. The highest BCUT2D eigenvalue weighted by atomic mass is 35.5. The SMILES string of the molecule is Cl.Cn1nncc1CN1C[C@H]2CNC[C@H]2C1. The quantitative estimate of drug-likeness (QED) is 0.788. The Hall–Kier alpha value is -0.650. The number of rotatable bonds is 2. The van der Waals surface area contributed by atoms with Crippen molar-refractivity contribution < 1.29 is 0 Å². The number of hydrogen-bond donors (Lipinski definition) is 1. The first-order valence-electron chi connectivity index (χ1n) is 5.59. The minimum atomic E-state index is 0. The summed E-state index contributed by atoms with van der Waals surface area (Å²) in [7, 11) is 1.96. The molecule has 0 aliphatic carbocycles. The lowest BCUT2D eigenvalue weighted by Crippen LogP contribution is -2.26. The van der Waals surface area contributed by atoms with Gasteiger partial charge >= 0.3 is 0 Å². The van der Waals surface area contributed by atoms with E-state index in [2.05, 4.69) is 20.5 Å². The Balaban J connectivity index is 0.000000963. The van der Waals surface area contributed by atoms with E-state index in [1.165, 1.54) is 31.9 Å². The third-order valence-electron chi connectivity index (χ3n) is 3.66. The second-order valence-electron chi connectivity index (χ2n) is 4.72. The van der Waals surface area contributed by atoms with E-state index in [4.69, 9.17) is 0 Å². The van der Waals surface area contributed by atoms with Crippen molar-refractivity contribution >= 4 is 12.4 Å². The third-order valence-corrected chi connectivity index (χ3v) is 3.66. The van der Waals surface area contributed by atoms with Crippen molar-refractivity contribution in [2.24, 2.45) is 18.9 Å². The van der Waals surface area contributed by atoms with Gasteiger partial charge in [-0.15, -0.1) is 17.5 Å². The molecule has 2 aliphatic heterocycles. The van der Waals surface area contributed by atoms with Crippen LogP contribution in [0.15, 0.2) is 6.20 Å². The van der Waals surface area contributed by atoms with Crippen LogP contribution >= 0.6 is 12.4 Å². The van der Waals surface area contributed by atoms with E-state index in [0.717, 1.165) is 18.4 Å². The van der Waals surface area contributed by atoms with E-state index < -0.39 is 0 Å². The Kier molecular flexibility index (Phi) is 3.47. The van der Waals surface area contributed by atoms with Crippen LogP contribution in [0.5, 0.6) is 0 Å². The van der Waals surface area contributed by atoms with Crippen LogP contribution in [0, 0.1) is 11.8 Å². The average Bonchev–Trinajstić information content (AvgIpc) is 2.83. The number of nitrogens with zero attached hydrogens (tertiary/aromatic N) is 4. The molecule has 2 aliphatic rings. The summed E-state index contributed by atoms with van der Waals surface area (Å²) in [6, 6.07) is 0. The van der Waals surface area contributed by atoms with Gasteiger partial charge < -0.3 is 5.32 Å². The topological polar surface area (TPSA) is 46.0 Å².